The summed E-state index contributed by atoms with van der Waals surface area (Å²) in [7, 11) is 1.38. The molecular formula is C13H18ClFN2O2. The van der Waals surface area contributed by atoms with E-state index in [1.807, 2.05) is 0 Å². The van der Waals surface area contributed by atoms with Gasteiger partial charge in [0.2, 0.25) is 0 Å². The summed E-state index contributed by atoms with van der Waals surface area (Å²) in [4.78, 5) is 11.8. The van der Waals surface area contributed by atoms with Gasteiger partial charge in [-0.3, -0.25) is 4.79 Å². The Morgan fingerprint density at radius 1 is 1.58 bits per heavy atom. The first-order valence-corrected chi connectivity index (χ1v) is 5.99. The minimum absolute atomic E-state index is 0. The number of ether oxygens (including phenoxy) is 1. The molecule has 1 amide bonds. The van der Waals surface area contributed by atoms with Crippen LogP contribution in [0.5, 0.6) is 5.75 Å². The largest absolute Gasteiger partial charge is 0.494 e. The van der Waals surface area contributed by atoms with E-state index in [-0.39, 0.29) is 35.7 Å². The SMILES string of the molecule is COc1ccc(C(=O)NCC(N)C2CC2)cc1F.Cl. The first kappa shape index (κ1) is 15.7. The van der Waals surface area contributed by atoms with Crippen LogP contribution >= 0.6 is 12.4 Å². The molecule has 1 aromatic carbocycles. The van der Waals surface area contributed by atoms with Crippen LogP contribution in [-0.2, 0) is 0 Å². The van der Waals surface area contributed by atoms with E-state index in [9.17, 15) is 9.18 Å². The van der Waals surface area contributed by atoms with Gasteiger partial charge in [0, 0.05) is 18.2 Å². The van der Waals surface area contributed by atoms with Crippen molar-refractivity contribution in [2.75, 3.05) is 13.7 Å². The average Bonchev–Trinajstić information content (AvgIpc) is 3.19. The van der Waals surface area contributed by atoms with Crippen molar-refractivity contribution in [1.82, 2.24) is 5.32 Å². The first-order chi connectivity index (χ1) is 8.61. The van der Waals surface area contributed by atoms with E-state index < -0.39 is 5.82 Å². The minimum atomic E-state index is -0.545. The fourth-order valence-corrected chi connectivity index (χ4v) is 1.81. The molecule has 0 bridgehead atoms. The molecular weight excluding hydrogens is 271 g/mol. The van der Waals surface area contributed by atoms with Gasteiger partial charge in [0.1, 0.15) is 0 Å². The van der Waals surface area contributed by atoms with Crippen molar-refractivity contribution in [1.29, 1.82) is 0 Å². The second-order valence-electron chi connectivity index (χ2n) is 4.56. The van der Waals surface area contributed by atoms with Crippen LogP contribution in [0.1, 0.15) is 23.2 Å². The van der Waals surface area contributed by atoms with Crippen LogP contribution in [0.4, 0.5) is 4.39 Å². The molecule has 6 heteroatoms. The number of hydrogen-bond donors (Lipinski definition) is 2. The predicted octanol–water partition coefficient (Wildman–Crippen LogP) is 1.72. The van der Waals surface area contributed by atoms with Gasteiger partial charge in [-0.15, -0.1) is 12.4 Å². The normalized spacial score (nSPS) is 15.3. The van der Waals surface area contributed by atoms with Gasteiger partial charge in [0.15, 0.2) is 11.6 Å². The zero-order valence-corrected chi connectivity index (χ0v) is 11.5. The molecule has 1 aliphatic rings. The average molecular weight is 289 g/mol. The van der Waals surface area contributed by atoms with Gasteiger partial charge < -0.3 is 15.8 Å². The smallest absolute Gasteiger partial charge is 0.251 e. The van der Waals surface area contributed by atoms with Crippen LogP contribution in [0.3, 0.4) is 0 Å². The van der Waals surface area contributed by atoms with E-state index in [2.05, 4.69) is 5.32 Å². The van der Waals surface area contributed by atoms with Crippen molar-refractivity contribution in [3.63, 3.8) is 0 Å². The summed E-state index contributed by atoms with van der Waals surface area (Å²) in [6.07, 6.45) is 2.27. The number of carbonyl (C=O) groups excluding carboxylic acids is 1. The predicted molar refractivity (Wildman–Crippen MR) is 73.2 cm³/mol. The zero-order chi connectivity index (χ0) is 13.1. The molecule has 1 atom stereocenters. The first-order valence-electron chi connectivity index (χ1n) is 5.99. The number of methoxy groups -OCH3 is 1. The Kier molecular flexibility index (Phi) is 5.57. The van der Waals surface area contributed by atoms with Crippen LogP contribution < -0.4 is 15.8 Å². The van der Waals surface area contributed by atoms with Gasteiger partial charge >= 0.3 is 0 Å². The Bertz CT molecular complexity index is 452. The highest BCUT2D eigenvalue weighted by Crippen LogP contribution is 2.31. The summed E-state index contributed by atoms with van der Waals surface area (Å²) in [5.74, 6) is -0.205. The van der Waals surface area contributed by atoms with Crippen molar-refractivity contribution < 1.29 is 13.9 Å². The maximum atomic E-state index is 13.4. The fourth-order valence-electron chi connectivity index (χ4n) is 1.81. The number of amides is 1. The molecule has 1 saturated carbocycles. The Balaban J connectivity index is 0.00000180. The van der Waals surface area contributed by atoms with Crippen molar-refractivity contribution in [3.8, 4) is 5.75 Å². The van der Waals surface area contributed by atoms with Crippen LogP contribution in [0.25, 0.3) is 0 Å². The van der Waals surface area contributed by atoms with Gasteiger partial charge in [-0.1, -0.05) is 0 Å². The van der Waals surface area contributed by atoms with Gasteiger partial charge in [-0.05, 0) is 37.0 Å². The van der Waals surface area contributed by atoms with Crippen molar-refractivity contribution in [2.24, 2.45) is 11.7 Å². The van der Waals surface area contributed by atoms with Crippen LogP contribution in [0, 0.1) is 11.7 Å². The Morgan fingerprint density at radius 3 is 2.79 bits per heavy atom. The molecule has 1 fully saturated rings. The quantitative estimate of drug-likeness (QED) is 0.867. The monoisotopic (exact) mass is 288 g/mol. The van der Waals surface area contributed by atoms with E-state index in [1.165, 1.54) is 19.2 Å². The lowest BCUT2D eigenvalue weighted by atomic mass is 10.1. The summed E-state index contributed by atoms with van der Waals surface area (Å²) in [5, 5.41) is 2.71. The second kappa shape index (κ2) is 6.73. The number of hydrogen-bond acceptors (Lipinski definition) is 3. The van der Waals surface area contributed by atoms with Gasteiger partial charge in [0.05, 0.1) is 7.11 Å². The number of nitrogens with one attached hydrogen (secondary N) is 1. The molecule has 1 aliphatic carbocycles. The van der Waals surface area contributed by atoms with Gasteiger partial charge in [0.25, 0.3) is 5.91 Å². The van der Waals surface area contributed by atoms with E-state index in [0.29, 0.717) is 12.5 Å². The van der Waals surface area contributed by atoms with Gasteiger partial charge in [-0.2, -0.15) is 0 Å². The second-order valence-corrected chi connectivity index (χ2v) is 4.56. The Morgan fingerprint density at radius 2 is 2.26 bits per heavy atom. The highest BCUT2D eigenvalue weighted by atomic mass is 35.5. The summed E-state index contributed by atoms with van der Waals surface area (Å²) in [5.41, 5.74) is 6.15. The molecule has 0 aromatic heterocycles. The molecule has 2 rings (SSSR count). The van der Waals surface area contributed by atoms with Crippen molar-refractivity contribution in [2.45, 2.75) is 18.9 Å². The van der Waals surface area contributed by atoms with Gasteiger partial charge in [-0.25, -0.2) is 4.39 Å². The van der Waals surface area contributed by atoms with Crippen LogP contribution in [0.15, 0.2) is 18.2 Å². The summed E-state index contributed by atoms with van der Waals surface area (Å²) < 4.78 is 18.2. The number of halogens is 2. The molecule has 1 aromatic rings. The topological polar surface area (TPSA) is 64.3 Å². The number of rotatable bonds is 5. The van der Waals surface area contributed by atoms with Crippen molar-refractivity contribution in [3.05, 3.63) is 29.6 Å². The van der Waals surface area contributed by atoms with Crippen LogP contribution in [0.2, 0.25) is 0 Å². The highest BCUT2D eigenvalue weighted by Gasteiger charge is 2.28. The maximum Gasteiger partial charge on any atom is 0.251 e. The molecule has 0 radical (unpaired) electrons. The molecule has 4 nitrogen and oxygen atoms in total. The lowest BCUT2D eigenvalue weighted by Gasteiger charge is -2.12. The molecule has 0 spiro atoms. The molecule has 0 saturated heterocycles. The fraction of sp³-hybridized carbons (Fsp3) is 0.462. The Labute approximate surface area is 117 Å². The third kappa shape index (κ3) is 4.08. The number of carbonyl (C=O) groups is 1. The van der Waals surface area contributed by atoms with E-state index in [4.69, 9.17) is 10.5 Å². The zero-order valence-electron chi connectivity index (χ0n) is 10.7. The number of benzene rings is 1. The molecule has 0 aliphatic heterocycles. The lowest BCUT2D eigenvalue weighted by molar-refractivity contribution is 0.0949. The molecule has 1 unspecified atom stereocenters. The number of nitrogens with two attached hydrogens (primary N) is 1. The third-order valence-corrected chi connectivity index (χ3v) is 3.14. The Hall–Kier alpha value is -1.33. The molecule has 106 valence electrons. The van der Waals surface area contributed by atoms with E-state index in [0.717, 1.165) is 18.9 Å². The van der Waals surface area contributed by atoms with E-state index >= 15 is 0 Å². The maximum absolute atomic E-state index is 13.4. The summed E-state index contributed by atoms with van der Waals surface area (Å²) in [6, 6.07) is 4.12. The summed E-state index contributed by atoms with van der Waals surface area (Å²) in [6.45, 7) is 0.428. The molecule has 0 heterocycles. The van der Waals surface area contributed by atoms with E-state index in [1.54, 1.807) is 0 Å². The van der Waals surface area contributed by atoms with Crippen LogP contribution in [-0.4, -0.2) is 25.6 Å². The standard InChI is InChI=1S/C13H17FN2O2.ClH/c1-18-12-5-4-9(6-10(12)14)13(17)16-7-11(15)8-2-3-8;/h4-6,8,11H,2-3,7,15H2,1H3,(H,16,17);1H. The van der Waals surface area contributed by atoms with Crippen molar-refractivity contribution >= 4 is 18.3 Å². The molecule has 19 heavy (non-hydrogen) atoms. The third-order valence-electron chi connectivity index (χ3n) is 3.14. The minimum Gasteiger partial charge on any atom is -0.494 e. The highest BCUT2D eigenvalue weighted by molar-refractivity contribution is 5.94. The molecule has 3 N–H and O–H groups in total. The lowest BCUT2D eigenvalue weighted by Crippen LogP contribution is -2.38. The summed E-state index contributed by atoms with van der Waals surface area (Å²) >= 11 is 0.